The Morgan fingerprint density at radius 1 is 0.926 bits per heavy atom. The fourth-order valence-electron chi connectivity index (χ4n) is 2.51. The van der Waals surface area contributed by atoms with E-state index < -0.39 is 27.5 Å². The molecule has 0 aliphatic carbocycles. The summed E-state index contributed by atoms with van der Waals surface area (Å²) in [5.74, 6) is -2.46. The fraction of sp³-hybridized carbons (Fsp3) is 0.222. The SMILES string of the molecule is CCOC(=O)C(C(=O)Cc1ccc([N+](=O)[O-])cc1)c1ccc([N+](=O)[O-])cc1. The summed E-state index contributed by atoms with van der Waals surface area (Å²) >= 11 is 0. The second-order valence-electron chi connectivity index (χ2n) is 5.60. The first-order valence-electron chi connectivity index (χ1n) is 8.00. The molecule has 0 radical (unpaired) electrons. The van der Waals surface area contributed by atoms with Crippen LogP contribution in [-0.4, -0.2) is 28.2 Å². The molecule has 0 amide bonds. The smallest absolute Gasteiger partial charge is 0.321 e. The molecule has 9 nitrogen and oxygen atoms in total. The van der Waals surface area contributed by atoms with E-state index in [4.69, 9.17) is 4.74 Å². The summed E-state index contributed by atoms with van der Waals surface area (Å²) in [6.07, 6.45) is -0.140. The minimum absolute atomic E-state index is 0.0765. The molecule has 0 fully saturated rings. The number of nitrogens with zero attached hydrogens (tertiary/aromatic N) is 2. The van der Waals surface area contributed by atoms with Crippen LogP contribution in [0, 0.1) is 20.2 Å². The normalized spacial score (nSPS) is 11.4. The quantitative estimate of drug-likeness (QED) is 0.301. The van der Waals surface area contributed by atoms with Gasteiger partial charge in [-0.2, -0.15) is 0 Å². The van der Waals surface area contributed by atoms with Crippen molar-refractivity contribution in [1.82, 2.24) is 0 Å². The number of benzene rings is 2. The highest BCUT2D eigenvalue weighted by atomic mass is 16.6. The Morgan fingerprint density at radius 2 is 1.41 bits per heavy atom. The lowest BCUT2D eigenvalue weighted by molar-refractivity contribution is -0.385. The van der Waals surface area contributed by atoms with Crippen LogP contribution in [0.2, 0.25) is 0 Å². The van der Waals surface area contributed by atoms with Crippen LogP contribution < -0.4 is 0 Å². The van der Waals surface area contributed by atoms with Crippen molar-refractivity contribution in [3.63, 3.8) is 0 Å². The largest absolute Gasteiger partial charge is 0.465 e. The first-order chi connectivity index (χ1) is 12.8. The number of carbonyl (C=O) groups excluding carboxylic acids is 2. The van der Waals surface area contributed by atoms with Gasteiger partial charge in [-0.05, 0) is 18.1 Å². The van der Waals surface area contributed by atoms with Gasteiger partial charge in [0, 0.05) is 30.7 Å². The molecule has 1 unspecified atom stereocenters. The van der Waals surface area contributed by atoms with Gasteiger partial charge in [0.2, 0.25) is 0 Å². The molecule has 1 atom stereocenters. The molecule has 0 spiro atoms. The van der Waals surface area contributed by atoms with Gasteiger partial charge in [-0.3, -0.25) is 29.8 Å². The maximum atomic E-state index is 12.7. The molecule has 0 heterocycles. The number of hydrogen-bond acceptors (Lipinski definition) is 7. The average Bonchev–Trinajstić information content (AvgIpc) is 2.63. The van der Waals surface area contributed by atoms with Crippen molar-refractivity contribution < 1.29 is 24.2 Å². The van der Waals surface area contributed by atoms with Crippen LogP contribution in [-0.2, 0) is 20.7 Å². The van der Waals surface area contributed by atoms with Crippen LogP contribution in [0.4, 0.5) is 11.4 Å². The molecule has 2 rings (SSSR count). The molecule has 2 aromatic carbocycles. The highest BCUT2D eigenvalue weighted by Gasteiger charge is 2.30. The lowest BCUT2D eigenvalue weighted by Crippen LogP contribution is -2.25. The van der Waals surface area contributed by atoms with Gasteiger partial charge in [0.05, 0.1) is 16.5 Å². The van der Waals surface area contributed by atoms with Crippen LogP contribution in [0.25, 0.3) is 0 Å². The third-order valence-electron chi connectivity index (χ3n) is 3.81. The van der Waals surface area contributed by atoms with E-state index in [-0.39, 0.29) is 30.0 Å². The zero-order chi connectivity index (χ0) is 20.0. The van der Waals surface area contributed by atoms with E-state index in [1.165, 1.54) is 48.5 Å². The maximum Gasteiger partial charge on any atom is 0.321 e. The Balaban J connectivity index is 2.27. The minimum atomic E-state index is -1.24. The maximum absolute atomic E-state index is 12.7. The van der Waals surface area contributed by atoms with Crippen molar-refractivity contribution >= 4 is 23.1 Å². The van der Waals surface area contributed by atoms with Gasteiger partial charge in [0.1, 0.15) is 5.92 Å². The summed E-state index contributed by atoms with van der Waals surface area (Å²) in [5.41, 5.74) is 0.514. The van der Waals surface area contributed by atoms with E-state index in [0.29, 0.717) is 5.56 Å². The number of non-ortho nitro benzene ring substituents is 2. The average molecular weight is 372 g/mol. The van der Waals surface area contributed by atoms with Gasteiger partial charge < -0.3 is 4.74 Å². The number of esters is 1. The Labute approximate surface area is 153 Å². The molecule has 0 N–H and O–H groups in total. The van der Waals surface area contributed by atoms with Crippen molar-refractivity contribution in [2.75, 3.05) is 6.61 Å². The van der Waals surface area contributed by atoms with Crippen LogP contribution in [0.15, 0.2) is 48.5 Å². The topological polar surface area (TPSA) is 130 Å². The van der Waals surface area contributed by atoms with Crippen molar-refractivity contribution in [2.24, 2.45) is 0 Å². The summed E-state index contributed by atoms with van der Waals surface area (Å²) in [4.78, 5) is 45.3. The van der Waals surface area contributed by atoms with E-state index in [0.717, 1.165) is 0 Å². The number of Topliss-reactive ketones (excluding diaryl/α,β-unsaturated/α-hetero) is 1. The number of rotatable bonds is 8. The number of ether oxygens (including phenoxy) is 1. The highest BCUT2D eigenvalue weighted by Crippen LogP contribution is 2.24. The number of ketones is 1. The number of nitro benzene ring substituents is 2. The summed E-state index contributed by atoms with van der Waals surface area (Å²) in [7, 11) is 0. The molecule has 9 heteroatoms. The van der Waals surface area contributed by atoms with Gasteiger partial charge in [0.15, 0.2) is 5.78 Å². The molecule has 140 valence electrons. The zero-order valence-electron chi connectivity index (χ0n) is 14.4. The fourth-order valence-corrected chi connectivity index (χ4v) is 2.51. The van der Waals surface area contributed by atoms with E-state index in [1.807, 2.05) is 0 Å². The molecule has 0 aromatic heterocycles. The number of carbonyl (C=O) groups is 2. The Hall–Kier alpha value is -3.62. The first kappa shape index (κ1) is 19.7. The molecule has 0 saturated heterocycles. The Morgan fingerprint density at radius 3 is 1.85 bits per heavy atom. The minimum Gasteiger partial charge on any atom is -0.465 e. The van der Waals surface area contributed by atoms with Crippen LogP contribution in [0.1, 0.15) is 24.0 Å². The van der Waals surface area contributed by atoms with Gasteiger partial charge in [-0.1, -0.05) is 24.3 Å². The van der Waals surface area contributed by atoms with Crippen molar-refractivity contribution in [3.05, 3.63) is 79.9 Å². The summed E-state index contributed by atoms with van der Waals surface area (Å²) in [5, 5.41) is 21.5. The van der Waals surface area contributed by atoms with Crippen LogP contribution in [0.3, 0.4) is 0 Å². The predicted octanol–water partition coefficient (Wildman–Crippen LogP) is 2.96. The molecular formula is C18H16N2O7. The van der Waals surface area contributed by atoms with Crippen LogP contribution >= 0.6 is 0 Å². The van der Waals surface area contributed by atoms with Gasteiger partial charge in [-0.15, -0.1) is 0 Å². The van der Waals surface area contributed by atoms with Crippen molar-refractivity contribution in [2.45, 2.75) is 19.3 Å². The Bertz CT molecular complexity index is 860. The molecule has 0 bridgehead atoms. The zero-order valence-corrected chi connectivity index (χ0v) is 14.4. The van der Waals surface area contributed by atoms with E-state index >= 15 is 0 Å². The predicted molar refractivity (Wildman–Crippen MR) is 94.3 cm³/mol. The number of nitro groups is 2. The second kappa shape index (κ2) is 8.65. The molecular weight excluding hydrogens is 356 g/mol. The second-order valence-corrected chi connectivity index (χ2v) is 5.60. The number of hydrogen-bond donors (Lipinski definition) is 0. The summed E-state index contributed by atoms with van der Waals surface area (Å²) in [6, 6.07) is 10.5. The summed E-state index contributed by atoms with van der Waals surface area (Å²) in [6.45, 7) is 1.68. The van der Waals surface area contributed by atoms with Crippen LogP contribution in [0.5, 0.6) is 0 Å². The lowest BCUT2D eigenvalue weighted by Gasteiger charge is -2.15. The first-order valence-corrected chi connectivity index (χ1v) is 8.00. The molecule has 0 aliphatic heterocycles. The Kier molecular flexibility index (Phi) is 6.32. The molecule has 27 heavy (non-hydrogen) atoms. The standard InChI is InChI=1S/C18H16N2O7/c1-2-27-18(22)17(13-5-9-15(10-6-13)20(25)26)16(21)11-12-3-7-14(8-4-12)19(23)24/h3-10,17H,2,11H2,1H3. The third kappa shape index (κ3) is 4.94. The molecule has 0 aliphatic rings. The van der Waals surface area contributed by atoms with E-state index in [9.17, 15) is 29.8 Å². The van der Waals surface area contributed by atoms with Gasteiger partial charge in [-0.25, -0.2) is 0 Å². The van der Waals surface area contributed by atoms with Gasteiger partial charge >= 0.3 is 5.97 Å². The molecule has 0 saturated carbocycles. The van der Waals surface area contributed by atoms with Crippen molar-refractivity contribution in [1.29, 1.82) is 0 Å². The summed E-state index contributed by atoms with van der Waals surface area (Å²) < 4.78 is 4.96. The lowest BCUT2D eigenvalue weighted by atomic mass is 9.91. The monoisotopic (exact) mass is 372 g/mol. The molecule has 2 aromatic rings. The highest BCUT2D eigenvalue weighted by molar-refractivity contribution is 6.05. The van der Waals surface area contributed by atoms with Gasteiger partial charge in [0.25, 0.3) is 11.4 Å². The third-order valence-corrected chi connectivity index (χ3v) is 3.81. The van der Waals surface area contributed by atoms with E-state index in [2.05, 4.69) is 0 Å². The van der Waals surface area contributed by atoms with E-state index in [1.54, 1.807) is 6.92 Å². The van der Waals surface area contributed by atoms with Crippen molar-refractivity contribution in [3.8, 4) is 0 Å².